The van der Waals surface area contributed by atoms with E-state index in [1.165, 1.54) is 18.4 Å². The zero-order valence-electron chi connectivity index (χ0n) is 15.4. The van der Waals surface area contributed by atoms with Crippen LogP contribution >= 0.6 is 12.4 Å². The first-order valence-electron chi connectivity index (χ1n) is 8.34. The molecule has 0 bridgehead atoms. The van der Waals surface area contributed by atoms with E-state index in [9.17, 15) is 13.2 Å². The second-order valence-corrected chi connectivity index (χ2v) is 8.19. The highest BCUT2D eigenvalue weighted by Gasteiger charge is 2.07. The Kier molecular flexibility index (Phi) is 8.59. The van der Waals surface area contributed by atoms with Crippen molar-refractivity contribution in [1.82, 2.24) is 0 Å². The first-order chi connectivity index (χ1) is 12.3. The summed E-state index contributed by atoms with van der Waals surface area (Å²) >= 11 is 0. The zero-order chi connectivity index (χ0) is 19.2. The predicted octanol–water partition coefficient (Wildman–Crippen LogP) is 3.59. The van der Waals surface area contributed by atoms with Crippen LogP contribution in [0.3, 0.4) is 0 Å². The van der Waals surface area contributed by atoms with E-state index >= 15 is 0 Å². The summed E-state index contributed by atoms with van der Waals surface area (Å²) in [5, 5.41) is 2.86. The predicted molar refractivity (Wildman–Crippen MR) is 110 cm³/mol. The van der Waals surface area contributed by atoms with E-state index < -0.39 is 9.84 Å². The van der Waals surface area contributed by atoms with Crippen molar-refractivity contribution in [3.05, 3.63) is 48.0 Å². The standard InChI is InChI=1S/C19H24N2O4S.ClH/c1-14-6-7-15(20)13-18(14)21-19(22)5-3-4-12-25-16-8-10-17(11-9-16)26(2,23)24;/h6-11,13H,3-5,12,20H2,1-2H3,(H,21,22);1H. The molecule has 148 valence electrons. The van der Waals surface area contributed by atoms with Crippen LogP contribution in [0.2, 0.25) is 0 Å². The summed E-state index contributed by atoms with van der Waals surface area (Å²) in [5.74, 6) is 0.549. The number of carbonyl (C=O) groups is 1. The van der Waals surface area contributed by atoms with E-state index in [0.29, 0.717) is 30.9 Å². The quantitative estimate of drug-likeness (QED) is 0.510. The van der Waals surface area contributed by atoms with Gasteiger partial charge in [-0.2, -0.15) is 0 Å². The lowest BCUT2D eigenvalue weighted by Crippen LogP contribution is -2.12. The Balaban J connectivity index is 0.00000364. The van der Waals surface area contributed by atoms with Gasteiger partial charge in [0.2, 0.25) is 5.91 Å². The van der Waals surface area contributed by atoms with Gasteiger partial charge in [-0.15, -0.1) is 12.4 Å². The number of aryl methyl sites for hydroxylation is 1. The smallest absolute Gasteiger partial charge is 0.224 e. The lowest BCUT2D eigenvalue weighted by atomic mass is 10.1. The molecule has 27 heavy (non-hydrogen) atoms. The molecule has 1 amide bonds. The number of benzene rings is 2. The molecule has 0 heterocycles. The van der Waals surface area contributed by atoms with E-state index in [0.717, 1.165) is 17.7 Å². The van der Waals surface area contributed by atoms with Crippen molar-refractivity contribution in [1.29, 1.82) is 0 Å². The van der Waals surface area contributed by atoms with Crippen molar-refractivity contribution < 1.29 is 17.9 Å². The maximum Gasteiger partial charge on any atom is 0.224 e. The highest BCUT2D eigenvalue weighted by molar-refractivity contribution is 7.90. The summed E-state index contributed by atoms with van der Waals surface area (Å²) in [5.41, 5.74) is 8.04. The average Bonchev–Trinajstić information content (AvgIpc) is 2.57. The minimum Gasteiger partial charge on any atom is -0.494 e. The number of amides is 1. The number of rotatable bonds is 8. The number of carbonyl (C=O) groups excluding carboxylic acids is 1. The van der Waals surface area contributed by atoms with Crippen LogP contribution in [0.15, 0.2) is 47.4 Å². The third-order valence-corrected chi connectivity index (χ3v) is 4.98. The van der Waals surface area contributed by atoms with Gasteiger partial charge in [-0.1, -0.05) is 6.07 Å². The Labute approximate surface area is 166 Å². The van der Waals surface area contributed by atoms with Gasteiger partial charge in [-0.25, -0.2) is 8.42 Å². The first-order valence-corrected chi connectivity index (χ1v) is 10.2. The summed E-state index contributed by atoms with van der Waals surface area (Å²) < 4.78 is 28.3. The molecular weight excluding hydrogens is 388 g/mol. The van der Waals surface area contributed by atoms with Gasteiger partial charge in [0, 0.05) is 24.1 Å². The van der Waals surface area contributed by atoms with Crippen LogP contribution in [0.1, 0.15) is 24.8 Å². The van der Waals surface area contributed by atoms with Gasteiger partial charge in [0.15, 0.2) is 9.84 Å². The normalized spacial score (nSPS) is 10.7. The molecular formula is C19H25ClN2O4S. The molecule has 0 fully saturated rings. The fourth-order valence-corrected chi connectivity index (χ4v) is 2.98. The van der Waals surface area contributed by atoms with Gasteiger partial charge in [0.1, 0.15) is 5.75 Å². The Morgan fingerprint density at radius 3 is 2.41 bits per heavy atom. The van der Waals surface area contributed by atoms with E-state index in [1.807, 2.05) is 13.0 Å². The maximum atomic E-state index is 12.0. The van der Waals surface area contributed by atoms with Crippen molar-refractivity contribution in [3.63, 3.8) is 0 Å². The molecule has 0 saturated carbocycles. The number of nitrogens with one attached hydrogen (secondary N) is 1. The first kappa shape index (κ1) is 22.8. The Morgan fingerprint density at radius 2 is 1.78 bits per heavy atom. The van der Waals surface area contributed by atoms with Crippen LogP contribution in [-0.4, -0.2) is 27.2 Å². The second kappa shape index (κ2) is 10.2. The summed E-state index contributed by atoms with van der Waals surface area (Å²) in [4.78, 5) is 12.3. The number of nitrogens with two attached hydrogens (primary N) is 1. The lowest BCUT2D eigenvalue weighted by Gasteiger charge is -2.10. The minimum atomic E-state index is -3.20. The molecule has 0 aromatic heterocycles. The van der Waals surface area contributed by atoms with Crippen LogP contribution in [0.5, 0.6) is 5.75 Å². The SMILES string of the molecule is Cc1ccc(N)cc1NC(=O)CCCCOc1ccc(S(C)(=O)=O)cc1.Cl. The van der Waals surface area contributed by atoms with Gasteiger partial charge >= 0.3 is 0 Å². The van der Waals surface area contributed by atoms with E-state index in [-0.39, 0.29) is 23.2 Å². The monoisotopic (exact) mass is 412 g/mol. The second-order valence-electron chi connectivity index (χ2n) is 6.17. The van der Waals surface area contributed by atoms with Crippen LogP contribution in [0.25, 0.3) is 0 Å². The summed E-state index contributed by atoms with van der Waals surface area (Å²) in [6.45, 7) is 2.38. The number of ether oxygens (including phenoxy) is 1. The fourth-order valence-electron chi connectivity index (χ4n) is 2.35. The summed E-state index contributed by atoms with van der Waals surface area (Å²) in [7, 11) is -3.20. The topological polar surface area (TPSA) is 98.5 Å². The number of anilines is 2. The van der Waals surface area contributed by atoms with Crippen molar-refractivity contribution in [2.45, 2.75) is 31.1 Å². The molecule has 0 atom stereocenters. The number of hydrogen-bond donors (Lipinski definition) is 2. The van der Waals surface area contributed by atoms with Crippen molar-refractivity contribution in [2.24, 2.45) is 0 Å². The molecule has 0 spiro atoms. The minimum absolute atomic E-state index is 0. The number of unbranched alkanes of at least 4 members (excludes halogenated alkanes) is 1. The Hall–Kier alpha value is -2.25. The van der Waals surface area contributed by atoms with Gasteiger partial charge in [0.05, 0.1) is 11.5 Å². The van der Waals surface area contributed by atoms with Crippen molar-refractivity contribution in [2.75, 3.05) is 23.9 Å². The van der Waals surface area contributed by atoms with Crippen LogP contribution in [0, 0.1) is 6.92 Å². The molecule has 0 unspecified atom stereocenters. The number of nitrogen functional groups attached to an aromatic ring is 1. The van der Waals surface area contributed by atoms with Gasteiger partial charge in [-0.05, 0) is 61.7 Å². The molecule has 6 nitrogen and oxygen atoms in total. The summed E-state index contributed by atoms with van der Waals surface area (Å²) in [6, 6.07) is 11.7. The molecule has 0 aliphatic rings. The maximum absolute atomic E-state index is 12.0. The fraction of sp³-hybridized carbons (Fsp3) is 0.316. The third kappa shape index (κ3) is 7.48. The van der Waals surface area contributed by atoms with Crippen LogP contribution in [0.4, 0.5) is 11.4 Å². The molecule has 2 aromatic carbocycles. The van der Waals surface area contributed by atoms with Crippen LogP contribution in [-0.2, 0) is 14.6 Å². The number of halogens is 1. The molecule has 3 N–H and O–H groups in total. The van der Waals surface area contributed by atoms with E-state index in [2.05, 4.69) is 5.32 Å². The van der Waals surface area contributed by atoms with Crippen molar-refractivity contribution in [3.8, 4) is 5.75 Å². The molecule has 0 saturated heterocycles. The number of sulfone groups is 1. The highest BCUT2D eigenvalue weighted by atomic mass is 35.5. The Morgan fingerprint density at radius 1 is 1.11 bits per heavy atom. The molecule has 8 heteroatoms. The lowest BCUT2D eigenvalue weighted by molar-refractivity contribution is -0.116. The molecule has 0 aliphatic carbocycles. The highest BCUT2D eigenvalue weighted by Crippen LogP contribution is 2.19. The molecule has 0 radical (unpaired) electrons. The molecule has 2 aromatic rings. The Bertz CT molecular complexity index is 868. The number of hydrogen-bond acceptors (Lipinski definition) is 5. The third-order valence-electron chi connectivity index (χ3n) is 3.85. The van der Waals surface area contributed by atoms with E-state index in [4.69, 9.17) is 10.5 Å². The summed E-state index contributed by atoms with van der Waals surface area (Å²) in [6.07, 6.45) is 2.97. The van der Waals surface area contributed by atoms with Crippen molar-refractivity contribution >= 4 is 39.5 Å². The van der Waals surface area contributed by atoms with Crippen LogP contribution < -0.4 is 15.8 Å². The zero-order valence-corrected chi connectivity index (χ0v) is 17.0. The average molecular weight is 413 g/mol. The largest absolute Gasteiger partial charge is 0.494 e. The van der Waals surface area contributed by atoms with Gasteiger partial charge in [-0.3, -0.25) is 4.79 Å². The van der Waals surface area contributed by atoms with Gasteiger partial charge in [0.25, 0.3) is 0 Å². The van der Waals surface area contributed by atoms with Gasteiger partial charge < -0.3 is 15.8 Å². The molecule has 2 rings (SSSR count). The van der Waals surface area contributed by atoms with E-state index in [1.54, 1.807) is 24.3 Å². The molecule has 0 aliphatic heterocycles.